The normalized spacial score (nSPS) is 16.4. The average Bonchev–Trinajstić information content (AvgIpc) is 3.29. The van der Waals surface area contributed by atoms with Gasteiger partial charge in [0.2, 0.25) is 0 Å². The van der Waals surface area contributed by atoms with Gasteiger partial charge in [-0.05, 0) is 73.9 Å². The summed E-state index contributed by atoms with van der Waals surface area (Å²) >= 11 is 0. The predicted molar refractivity (Wildman–Crippen MR) is 129 cm³/mol. The van der Waals surface area contributed by atoms with Crippen molar-refractivity contribution < 1.29 is 17.6 Å². The van der Waals surface area contributed by atoms with Gasteiger partial charge in [-0.25, -0.2) is 12.8 Å². The van der Waals surface area contributed by atoms with E-state index in [1.54, 1.807) is 17.9 Å². The van der Waals surface area contributed by atoms with Crippen LogP contribution in [0.15, 0.2) is 71.8 Å². The number of aromatic nitrogens is 3. The Kier molecular flexibility index (Phi) is 5.98. The average molecular weight is 494 g/mol. The summed E-state index contributed by atoms with van der Waals surface area (Å²) < 4.78 is 43.4. The molecule has 1 fully saturated rings. The number of rotatable bonds is 5. The molecule has 35 heavy (non-hydrogen) atoms. The summed E-state index contributed by atoms with van der Waals surface area (Å²) in [7, 11) is -3.97. The number of fused-ring (bicyclic) bond motifs is 1. The first-order valence-electron chi connectivity index (χ1n) is 11.3. The van der Waals surface area contributed by atoms with E-state index in [-0.39, 0.29) is 22.4 Å². The van der Waals surface area contributed by atoms with Crippen molar-refractivity contribution in [2.75, 3.05) is 17.8 Å². The van der Waals surface area contributed by atoms with Crippen LogP contribution in [0.2, 0.25) is 0 Å². The molecule has 1 atom stereocenters. The van der Waals surface area contributed by atoms with Crippen molar-refractivity contribution in [3.63, 3.8) is 0 Å². The number of hydrogen-bond acceptors (Lipinski definition) is 5. The van der Waals surface area contributed by atoms with E-state index in [4.69, 9.17) is 0 Å². The molecule has 1 aliphatic rings. The molecule has 10 heteroatoms. The molecule has 1 aliphatic heterocycles. The van der Waals surface area contributed by atoms with Crippen LogP contribution in [-0.2, 0) is 10.0 Å². The quantitative estimate of drug-likeness (QED) is 0.453. The van der Waals surface area contributed by atoms with Crippen LogP contribution in [0.3, 0.4) is 0 Å². The van der Waals surface area contributed by atoms with Gasteiger partial charge in [0.05, 0.1) is 4.90 Å². The zero-order valence-corrected chi connectivity index (χ0v) is 19.9. The third-order valence-electron chi connectivity index (χ3n) is 6.26. The number of amides is 1. The number of carbonyl (C=O) groups excluding carboxylic acids is 1. The van der Waals surface area contributed by atoms with Crippen LogP contribution in [0.1, 0.15) is 40.5 Å². The third-order valence-corrected chi connectivity index (χ3v) is 7.64. The molecule has 8 nitrogen and oxygen atoms in total. The lowest BCUT2D eigenvalue weighted by molar-refractivity contribution is 0.0703. The van der Waals surface area contributed by atoms with Crippen LogP contribution in [0.4, 0.5) is 10.1 Å². The van der Waals surface area contributed by atoms with Gasteiger partial charge in [-0.3, -0.25) is 13.9 Å². The Hall–Kier alpha value is -3.79. The summed E-state index contributed by atoms with van der Waals surface area (Å²) in [6.45, 7) is 2.83. The second-order valence-electron chi connectivity index (χ2n) is 8.67. The number of anilines is 1. The molecule has 0 aliphatic carbocycles. The van der Waals surface area contributed by atoms with E-state index in [1.807, 2.05) is 28.8 Å². The predicted octanol–water partition coefficient (Wildman–Crippen LogP) is 4.00. The van der Waals surface area contributed by atoms with Crippen LogP contribution < -0.4 is 4.72 Å². The van der Waals surface area contributed by atoms with Gasteiger partial charge in [0, 0.05) is 36.5 Å². The number of aryl methyl sites for hydroxylation is 1. The van der Waals surface area contributed by atoms with Crippen LogP contribution in [0.5, 0.6) is 0 Å². The van der Waals surface area contributed by atoms with Crippen molar-refractivity contribution >= 4 is 27.3 Å². The van der Waals surface area contributed by atoms with Crippen molar-refractivity contribution in [2.45, 2.75) is 30.6 Å². The lowest BCUT2D eigenvalue weighted by atomic mass is 9.96. The Balaban J connectivity index is 1.39. The molecule has 3 heterocycles. The summed E-state index contributed by atoms with van der Waals surface area (Å²) in [5.74, 6) is 0.155. The molecule has 0 radical (unpaired) electrons. The molecule has 4 aromatic rings. The lowest BCUT2D eigenvalue weighted by Gasteiger charge is -2.32. The Labute approximate surface area is 202 Å². The van der Waals surface area contributed by atoms with Gasteiger partial charge in [0.15, 0.2) is 5.65 Å². The number of carbonyl (C=O) groups is 1. The molecule has 2 aromatic heterocycles. The zero-order chi connectivity index (χ0) is 24.6. The van der Waals surface area contributed by atoms with Crippen LogP contribution in [0.25, 0.3) is 5.65 Å². The van der Waals surface area contributed by atoms with Crippen molar-refractivity contribution in [1.29, 1.82) is 0 Å². The fourth-order valence-electron chi connectivity index (χ4n) is 4.41. The standard InChI is InChI=1S/C25H24FN5O3S/c1-17-7-12-21(35(33,34)29-20-10-8-19(26)9-11-20)15-22(17)25(32)30-13-4-5-18(16-30)24-28-27-23-6-2-3-14-31(23)24/h2-3,6-12,14-15,18,29H,4-5,13,16H2,1H3. The van der Waals surface area contributed by atoms with Gasteiger partial charge in [0.25, 0.3) is 15.9 Å². The molecule has 1 amide bonds. The lowest BCUT2D eigenvalue weighted by Crippen LogP contribution is -2.40. The highest BCUT2D eigenvalue weighted by Gasteiger charge is 2.29. The second-order valence-corrected chi connectivity index (χ2v) is 10.3. The summed E-state index contributed by atoms with van der Waals surface area (Å²) in [4.78, 5) is 15.2. The molecule has 0 saturated carbocycles. The van der Waals surface area contributed by atoms with Gasteiger partial charge in [-0.1, -0.05) is 12.1 Å². The first kappa shape index (κ1) is 23.0. The Bertz CT molecular complexity index is 1500. The maximum atomic E-state index is 13.5. The number of piperidine rings is 1. The highest BCUT2D eigenvalue weighted by molar-refractivity contribution is 7.92. The highest BCUT2D eigenvalue weighted by Crippen LogP contribution is 2.28. The molecule has 180 valence electrons. The molecule has 1 unspecified atom stereocenters. The molecule has 1 saturated heterocycles. The Morgan fingerprint density at radius 2 is 1.89 bits per heavy atom. The number of sulfonamides is 1. The molecule has 0 bridgehead atoms. The maximum absolute atomic E-state index is 13.5. The van der Waals surface area contributed by atoms with Crippen molar-refractivity contribution in [1.82, 2.24) is 19.5 Å². The molecule has 1 N–H and O–H groups in total. The van der Waals surface area contributed by atoms with Gasteiger partial charge in [-0.2, -0.15) is 0 Å². The van der Waals surface area contributed by atoms with Crippen molar-refractivity contribution in [3.8, 4) is 0 Å². The number of halogens is 1. The third kappa shape index (κ3) is 4.61. The molecule has 2 aromatic carbocycles. The fourth-order valence-corrected chi connectivity index (χ4v) is 5.50. The number of hydrogen-bond donors (Lipinski definition) is 1. The van der Waals surface area contributed by atoms with E-state index < -0.39 is 15.8 Å². The largest absolute Gasteiger partial charge is 0.338 e. The van der Waals surface area contributed by atoms with Gasteiger partial charge >= 0.3 is 0 Å². The molecule has 5 rings (SSSR count). The Morgan fingerprint density at radius 1 is 1.09 bits per heavy atom. The monoisotopic (exact) mass is 493 g/mol. The smallest absolute Gasteiger partial charge is 0.261 e. The zero-order valence-electron chi connectivity index (χ0n) is 19.1. The molecule has 0 spiro atoms. The van der Waals surface area contributed by atoms with Gasteiger partial charge in [-0.15, -0.1) is 10.2 Å². The minimum absolute atomic E-state index is 0.0254. The first-order chi connectivity index (χ1) is 16.8. The summed E-state index contributed by atoms with van der Waals surface area (Å²) in [6, 6.07) is 15.2. The SMILES string of the molecule is Cc1ccc(S(=O)(=O)Nc2ccc(F)cc2)cc1C(=O)N1CCCC(c2nnc3ccccn23)C1. The second kappa shape index (κ2) is 9.10. The van der Waals surface area contributed by atoms with E-state index in [0.717, 1.165) is 24.3 Å². The van der Waals surface area contributed by atoms with Crippen LogP contribution >= 0.6 is 0 Å². The van der Waals surface area contributed by atoms with Crippen LogP contribution in [0, 0.1) is 12.7 Å². The number of likely N-dealkylation sites (tertiary alicyclic amines) is 1. The van der Waals surface area contributed by atoms with Gasteiger partial charge < -0.3 is 4.90 Å². The minimum atomic E-state index is -3.97. The van der Waals surface area contributed by atoms with E-state index in [2.05, 4.69) is 14.9 Å². The van der Waals surface area contributed by atoms with Crippen molar-refractivity contribution in [3.05, 3.63) is 89.6 Å². The minimum Gasteiger partial charge on any atom is -0.338 e. The number of nitrogens with zero attached hydrogens (tertiary/aromatic N) is 4. The molecular weight excluding hydrogens is 469 g/mol. The summed E-state index contributed by atoms with van der Waals surface area (Å²) in [5.41, 5.74) is 2.01. The molecular formula is C25H24FN5O3S. The van der Waals surface area contributed by atoms with E-state index >= 15 is 0 Å². The fraction of sp³-hybridized carbons (Fsp3) is 0.240. The van der Waals surface area contributed by atoms with Crippen LogP contribution in [-0.4, -0.2) is 46.9 Å². The number of benzene rings is 2. The van der Waals surface area contributed by atoms with Crippen molar-refractivity contribution in [2.24, 2.45) is 0 Å². The van der Waals surface area contributed by atoms with E-state index in [9.17, 15) is 17.6 Å². The van der Waals surface area contributed by atoms with Gasteiger partial charge in [0.1, 0.15) is 11.6 Å². The highest BCUT2D eigenvalue weighted by atomic mass is 32.2. The summed E-state index contributed by atoms with van der Waals surface area (Å²) in [6.07, 6.45) is 3.60. The van der Waals surface area contributed by atoms with E-state index in [0.29, 0.717) is 24.2 Å². The number of pyridine rings is 1. The Morgan fingerprint density at radius 3 is 2.69 bits per heavy atom. The maximum Gasteiger partial charge on any atom is 0.261 e. The first-order valence-corrected chi connectivity index (χ1v) is 12.8. The van der Waals surface area contributed by atoms with E-state index in [1.165, 1.54) is 36.4 Å². The number of nitrogens with one attached hydrogen (secondary N) is 1. The summed E-state index contributed by atoms with van der Waals surface area (Å²) in [5, 5.41) is 8.59. The topological polar surface area (TPSA) is 96.7 Å².